The Hall–Kier alpha value is -0.730. The molecule has 6 atom stereocenters. The Morgan fingerprint density at radius 3 is 2.00 bits per heavy atom. The van der Waals surface area contributed by atoms with E-state index in [0.29, 0.717) is 13.0 Å². The van der Waals surface area contributed by atoms with E-state index >= 15 is 0 Å². The zero-order chi connectivity index (χ0) is 16.0. The van der Waals surface area contributed by atoms with E-state index in [1.165, 1.54) is 0 Å². The molecule has 0 aliphatic heterocycles. The van der Waals surface area contributed by atoms with Gasteiger partial charge in [-0.1, -0.05) is 20.3 Å². The lowest BCUT2D eigenvalue weighted by molar-refractivity contribution is -0.243. The van der Waals surface area contributed by atoms with E-state index in [0.717, 1.165) is 12.8 Å². The molecule has 0 amide bonds. The highest BCUT2D eigenvalue weighted by atomic mass is 16.6. The third-order valence-corrected chi connectivity index (χ3v) is 3.58. The number of carbonyl (C=O) groups excluding carboxylic acids is 1. The van der Waals surface area contributed by atoms with E-state index in [4.69, 9.17) is 9.47 Å². The molecule has 7 heteroatoms. The van der Waals surface area contributed by atoms with Crippen LogP contribution in [0.5, 0.6) is 0 Å². The molecule has 1 saturated carbocycles. The number of carbonyl (C=O) groups is 1. The van der Waals surface area contributed by atoms with Crippen molar-refractivity contribution in [1.82, 2.24) is 0 Å². The van der Waals surface area contributed by atoms with Gasteiger partial charge in [0.05, 0.1) is 0 Å². The molecule has 124 valence electrons. The van der Waals surface area contributed by atoms with Gasteiger partial charge in [-0.25, -0.2) is 0 Å². The van der Waals surface area contributed by atoms with Gasteiger partial charge < -0.3 is 29.9 Å². The van der Waals surface area contributed by atoms with Crippen LogP contribution in [0.3, 0.4) is 0 Å². The molecule has 7 nitrogen and oxygen atoms in total. The van der Waals surface area contributed by atoms with E-state index in [2.05, 4.69) is 0 Å². The SMILES string of the molecule is CCCCO[C@H]1[C@@H](O)[C@H](O)[C@@H](O)[C@H](O)[C@H]1OC(=O)CCC. The highest BCUT2D eigenvalue weighted by Crippen LogP contribution is 2.27. The molecule has 0 saturated heterocycles. The minimum absolute atomic E-state index is 0.166. The van der Waals surface area contributed by atoms with Gasteiger partial charge in [-0.3, -0.25) is 4.79 Å². The first-order valence-electron chi connectivity index (χ1n) is 7.47. The predicted molar refractivity (Wildman–Crippen MR) is 73.5 cm³/mol. The van der Waals surface area contributed by atoms with Crippen molar-refractivity contribution in [2.24, 2.45) is 0 Å². The summed E-state index contributed by atoms with van der Waals surface area (Å²) in [5.41, 5.74) is 0. The first-order chi connectivity index (χ1) is 9.93. The Kier molecular flexibility index (Phi) is 7.55. The van der Waals surface area contributed by atoms with Gasteiger partial charge in [0.15, 0.2) is 6.10 Å². The molecule has 21 heavy (non-hydrogen) atoms. The molecule has 1 fully saturated rings. The average Bonchev–Trinajstić information content (AvgIpc) is 2.46. The second kappa shape index (κ2) is 8.65. The number of hydrogen-bond donors (Lipinski definition) is 4. The highest BCUT2D eigenvalue weighted by Gasteiger charge is 2.51. The van der Waals surface area contributed by atoms with Gasteiger partial charge in [0, 0.05) is 13.0 Å². The molecule has 0 spiro atoms. The van der Waals surface area contributed by atoms with Gasteiger partial charge in [0.1, 0.15) is 30.5 Å². The standard InChI is InChI=1S/C14H26O7/c1-3-5-7-20-13-11(18)9(16)10(17)12(19)14(13)21-8(15)6-4-2/h9-14,16-19H,3-7H2,1-2H3/t9-,10-,11+,12+,13+,14-/m1/s1. The minimum atomic E-state index is -1.59. The Morgan fingerprint density at radius 1 is 0.905 bits per heavy atom. The average molecular weight is 306 g/mol. The van der Waals surface area contributed by atoms with Gasteiger partial charge in [0.2, 0.25) is 0 Å². The van der Waals surface area contributed by atoms with Crippen molar-refractivity contribution in [3.05, 3.63) is 0 Å². The lowest BCUT2D eigenvalue weighted by atomic mass is 9.84. The van der Waals surface area contributed by atoms with Gasteiger partial charge in [-0.2, -0.15) is 0 Å². The summed E-state index contributed by atoms with van der Waals surface area (Å²) in [6.45, 7) is 4.07. The normalized spacial score (nSPS) is 36.5. The summed E-state index contributed by atoms with van der Waals surface area (Å²) in [5.74, 6) is -0.540. The van der Waals surface area contributed by atoms with Crippen LogP contribution < -0.4 is 0 Å². The van der Waals surface area contributed by atoms with Crippen LogP contribution in [0.1, 0.15) is 39.5 Å². The van der Waals surface area contributed by atoms with Crippen LogP contribution in [-0.2, 0) is 14.3 Å². The van der Waals surface area contributed by atoms with Crippen molar-refractivity contribution in [2.45, 2.75) is 76.2 Å². The zero-order valence-corrected chi connectivity index (χ0v) is 12.5. The second-order valence-corrected chi connectivity index (χ2v) is 5.36. The zero-order valence-electron chi connectivity index (χ0n) is 12.5. The maximum atomic E-state index is 11.6. The molecule has 0 bridgehead atoms. The van der Waals surface area contributed by atoms with Gasteiger partial charge in [-0.05, 0) is 12.8 Å². The maximum Gasteiger partial charge on any atom is 0.306 e. The molecule has 0 aromatic carbocycles. The summed E-state index contributed by atoms with van der Waals surface area (Å²) in [4.78, 5) is 11.6. The molecule has 0 aromatic heterocycles. The van der Waals surface area contributed by atoms with Crippen molar-refractivity contribution >= 4 is 5.97 Å². The fraction of sp³-hybridized carbons (Fsp3) is 0.929. The summed E-state index contributed by atoms with van der Waals surface area (Å²) in [6.07, 6.45) is -5.99. The number of unbranched alkanes of at least 4 members (excludes halogenated alkanes) is 1. The molecule has 1 aliphatic carbocycles. The fourth-order valence-corrected chi connectivity index (χ4v) is 2.29. The molecular formula is C14H26O7. The molecular weight excluding hydrogens is 280 g/mol. The van der Waals surface area contributed by atoms with Crippen LogP contribution in [0.2, 0.25) is 0 Å². The lowest BCUT2D eigenvalue weighted by Gasteiger charge is -2.43. The number of aliphatic hydroxyl groups is 4. The van der Waals surface area contributed by atoms with E-state index in [-0.39, 0.29) is 6.42 Å². The van der Waals surface area contributed by atoms with Crippen molar-refractivity contribution in [2.75, 3.05) is 6.61 Å². The van der Waals surface area contributed by atoms with Crippen molar-refractivity contribution in [3.63, 3.8) is 0 Å². The van der Waals surface area contributed by atoms with Crippen LogP contribution in [0.4, 0.5) is 0 Å². The van der Waals surface area contributed by atoms with Gasteiger partial charge in [-0.15, -0.1) is 0 Å². The molecule has 0 aromatic rings. The number of ether oxygens (including phenoxy) is 2. The van der Waals surface area contributed by atoms with Crippen LogP contribution in [0.15, 0.2) is 0 Å². The Balaban J connectivity index is 2.80. The number of esters is 1. The van der Waals surface area contributed by atoms with Crippen LogP contribution >= 0.6 is 0 Å². The van der Waals surface area contributed by atoms with Crippen molar-refractivity contribution in [3.8, 4) is 0 Å². The maximum absolute atomic E-state index is 11.6. The Morgan fingerprint density at radius 2 is 1.48 bits per heavy atom. The third-order valence-electron chi connectivity index (χ3n) is 3.58. The summed E-state index contributed by atoms with van der Waals surface area (Å²) in [5, 5.41) is 39.4. The van der Waals surface area contributed by atoms with Crippen LogP contribution in [-0.4, -0.2) is 69.6 Å². The summed E-state index contributed by atoms with van der Waals surface area (Å²) >= 11 is 0. The monoisotopic (exact) mass is 306 g/mol. The van der Waals surface area contributed by atoms with Crippen LogP contribution in [0.25, 0.3) is 0 Å². The smallest absolute Gasteiger partial charge is 0.306 e. The first-order valence-corrected chi connectivity index (χ1v) is 7.47. The number of rotatable bonds is 7. The Bertz CT molecular complexity index is 322. The molecule has 1 rings (SSSR count). The second-order valence-electron chi connectivity index (χ2n) is 5.36. The Labute approximate surface area is 124 Å². The quantitative estimate of drug-likeness (QED) is 0.364. The summed E-state index contributed by atoms with van der Waals surface area (Å²) < 4.78 is 10.6. The summed E-state index contributed by atoms with van der Waals surface area (Å²) in [6, 6.07) is 0. The van der Waals surface area contributed by atoms with E-state index in [9.17, 15) is 25.2 Å². The van der Waals surface area contributed by atoms with Crippen molar-refractivity contribution < 1.29 is 34.7 Å². The minimum Gasteiger partial charge on any atom is -0.457 e. The number of hydrogen-bond acceptors (Lipinski definition) is 7. The van der Waals surface area contributed by atoms with E-state index in [1.807, 2.05) is 6.92 Å². The topological polar surface area (TPSA) is 116 Å². The van der Waals surface area contributed by atoms with E-state index < -0.39 is 42.6 Å². The molecule has 0 unspecified atom stereocenters. The largest absolute Gasteiger partial charge is 0.457 e. The van der Waals surface area contributed by atoms with Crippen molar-refractivity contribution in [1.29, 1.82) is 0 Å². The molecule has 0 heterocycles. The predicted octanol–water partition coefficient (Wildman–Crippen LogP) is -0.659. The molecule has 0 radical (unpaired) electrons. The van der Waals surface area contributed by atoms with Crippen LogP contribution in [0, 0.1) is 0 Å². The molecule has 4 N–H and O–H groups in total. The fourth-order valence-electron chi connectivity index (χ4n) is 2.29. The highest BCUT2D eigenvalue weighted by molar-refractivity contribution is 5.69. The summed E-state index contributed by atoms with van der Waals surface area (Å²) in [7, 11) is 0. The van der Waals surface area contributed by atoms with E-state index in [1.54, 1.807) is 6.92 Å². The van der Waals surface area contributed by atoms with Gasteiger partial charge >= 0.3 is 5.97 Å². The third kappa shape index (κ3) is 4.62. The van der Waals surface area contributed by atoms with Gasteiger partial charge in [0.25, 0.3) is 0 Å². The molecule has 1 aliphatic rings. The first kappa shape index (κ1) is 18.3. The number of aliphatic hydroxyl groups excluding tert-OH is 4. The lowest BCUT2D eigenvalue weighted by Crippen LogP contribution is -2.65.